The third kappa shape index (κ3) is 3.54. The molecule has 1 heterocycles. The van der Waals surface area contributed by atoms with Crippen LogP contribution in [0.5, 0.6) is 0 Å². The van der Waals surface area contributed by atoms with E-state index in [9.17, 15) is 0 Å². The Bertz CT molecular complexity index is 1290. The van der Waals surface area contributed by atoms with E-state index in [4.69, 9.17) is 1.37 Å². The van der Waals surface area contributed by atoms with Gasteiger partial charge in [0.15, 0.2) is 5.69 Å². The molecule has 4 rings (SSSR count). The average molecular weight is 396 g/mol. The molecule has 0 atom stereocenters. The van der Waals surface area contributed by atoms with E-state index in [0.29, 0.717) is 6.04 Å². The average Bonchev–Trinajstić information content (AvgIpc) is 2.74. The van der Waals surface area contributed by atoms with Gasteiger partial charge in [-0.3, -0.25) is 0 Å². The minimum atomic E-state index is 0.0481. The molecule has 1 aromatic heterocycles. The summed E-state index contributed by atoms with van der Waals surface area (Å²) in [5, 5.41) is 2.17. The van der Waals surface area contributed by atoms with Crippen LogP contribution >= 0.6 is 0 Å². The molecule has 1 heteroatoms. The molecule has 0 N–H and O–H groups in total. The first-order valence-corrected chi connectivity index (χ1v) is 10.7. The Labute approximate surface area is 182 Å². The molecule has 0 spiro atoms. The van der Waals surface area contributed by atoms with Gasteiger partial charge in [-0.25, -0.2) is 0 Å². The van der Waals surface area contributed by atoms with E-state index >= 15 is 0 Å². The van der Waals surface area contributed by atoms with Crippen molar-refractivity contribution in [3.63, 3.8) is 0 Å². The van der Waals surface area contributed by atoms with Crippen molar-refractivity contribution in [1.82, 2.24) is 0 Å². The van der Waals surface area contributed by atoms with E-state index in [1.165, 1.54) is 39.1 Å². The van der Waals surface area contributed by atoms with Crippen LogP contribution < -0.4 is 4.57 Å². The molecule has 0 amide bonds. The lowest BCUT2D eigenvalue weighted by molar-refractivity contribution is -0.665. The molecule has 4 aromatic rings. The number of hydrogen-bond donors (Lipinski definition) is 0. The Balaban J connectivity index is 2.08. The normalized spacial score (nSPS) is 12.3. The molecular formula is C29H32N+. The lowest BCUT2D eigenvalue weighted by Gasteiger charge is -2.20. The van der Waals surface area contributed by atoms with Crippen LogP contribution in [0, 0.1) is 20.8 Å². The molecule has 0 saturated heterocycles. The van der Waals surface area contributed by atoms with Crippen LogP contribution in [-0.2, 0) is 12.5 Å². The fraction of sp³-hybridized carbons (Fsp3) is 0.276. The van der Waals surface area contributed by atoms with Crippen molar-refractivity contribution in [2.45, 2.75) is 47.0 Å². The van der Waals surface area contributed by atoms with E-state index in [1.54, 1.807) is 0 Å². The quantitative estimate of drug-likeness (QED) is 0.315. The number of aryl methyl sites for hydroxylation is 1. The van der Waals surface area contributed by atoms with Crippen molar-refractivity contribution >= 4 is 10.8 Å². The fourth-order valence-corrected chi connectivity index (χ4v) is 4.18. The second-order valence-electron chi connectivity index (χ2n) is 9.46. The van der Waals surface area contributed by atoms with Crippen LogP contribution in [0.3, 0.4) is 0 Å². The molecule has 30 heavy (non-hydrogen) atoms. The van der Waals surface area contributed by atoms with Gasteiger partial charge >= 0.3 is 0 Å². The van der Waals surface area contributed by atoms with Gasteiger partial charge in [0.2, 0.25) is 5.69 Å². The molecular weight excluding hydrogens is 362 g/mol. The molecule has 0 bridgehead atoms. The lowest BCUT2D eigenvalue weighted by Crippen LogP contribution is -2.35. The van der Waals surface area contributed by atoms with Gasteiger partial charge in [-0.2, -0.15) is 4.57 Å². The Kier molecular flexibility index (Phi) is 4.70. The van der Waals surface area contributed by atoms with E-state index in [1.807, 2.05) is 0 Å². The van der Waals surface area contributed by atoms with E-state index in [-0.39, 0.29) is 5.41 Å². The zero-order valence-electron chi connectivity index (χ0n) is 20.2. The number of hydrogen-bond acceptors (Lipinski definition) is 0. The van der Waals surface area contributed by atoms with Gasteiger partial charge in [-0.15, -0.1) is 0 Å². The Hall–Kier alpha value is -2.93. The smallest absolute Gasteiger partial charge is 0.198 e. The first-order valence-electron chi connectivity index (χ1n) is 11.2. The van der Waals surface area contributed by atoms with Gasteiger partial charge in [0.1, 0.15) is 7.05 Å². The monoisotopic (exact) mass is 395 g/mol. The highest BCUT2D eigenvalue weighted by Crippen LogP contribution is 2.35. The van der Waals surface area contributed by atoms with Crippen molar-refractivity contribution in [2.75, 3.05) is 0 Å². The summed E-state index contributed by atoms with van der Waals surface area (Å²) in [5.41, 5.74) is 9.73. The van der Waals surface area contributed by atoms with Crippen LogP contribution in [0.1, 0.15) is 44.5 Å². The van der Waals surface area contributed by atoms with Crippen LogP contribution in [0.15, 0.2) is 66.7 Å². The molecule has 0 aliphatic carbocycles. The topological polar surface area (TPSA) is 3.88 Å². The number of fused-ring (bicyclic) bond motifs is 1. The van der Waals surface area contributed by atoms with Gasteiger partial charge < -0.3 is 0 Å². The Morgan fingerprint density at radius 1 is 0.833 bits per heavy atom. The van der Waals surface area contributed by atoms with E-state index in [2.05, 4.69) is 114 Å². The maximum Gasteiger partial charge on any atom is 0.220 e. The third-order valence-corrected chi connectivity index (χ3v) is 6.32. The third-order valence-electron chi connectivity index (χ3n) is 6.32. The number of pyridine rings is 1. The predicted octanol–water partition coefficient (Wildman–Crippen LogP) is 7.22. The maximum absolute atomic E-state index is 8.84. The maximum atomic E-state index is 8.84. The highest BCUT2D eigenvalue weighted by Gasteiger charge is 2.23. The fourth-order valence-electron chi connectivity index (χ4n) is 4.18. The summed E-state index contributed by atoms with van der Waals surface area (Å²) < 4.78 is 11.0. The second kappa shape index (κ2) is 7.40. The highest BCUT2D eigenvalue weighted by atomic mass is 14.9. The number of benzene rings is 3. The van der Waals surface area contributed by atoms with Crippen LogP contribution in [0.2, 0.25) is 0 Å². The summed E-state index contributed by atoms with van der Waals surface area (Å²) in [6.07, 6.45) is 0. The van der Waals surface area contributed by atoms with Gasteiger partial charge in [0.05, 0.1) is 12.3 Å². The molecule has 0 aliphatic heterocycles. The van der Waals surface area contributed by atoms with Gasteiger partial charge in [-0.1, -0.05) is 69.3 Å². The van der Waals surface area contributed by atoms with Crippen molar-refractivity contribution in [3.8, 4) is 22.4 Å². The zero-order valence-corrected chi connectivity index (χ0v) is 19.2. The molecule has 0 unspecified atom stereocenters. The molecule has 3 aromatic carbocycles. The standard InChI is InChI=1S/C29H32N/c1-19-15-23(22-11-9-8-10-12-22)18-27(21(19)3)28-26-14-13-25(29(4,5)6)17-24(26)16-20(2)30(28)7/h8-18H,1-7H3/q+1/i16D. The lowest BCUT2D eigenvalue weighted by atomic mass is 9.85. The van der Waals surface area contributed by atoms with Crippen LogP contribution in [0.25, 0.3) is 33.2 Å². The first kappa shape index (κ1) is 19.1. The number of rotatable bonds is 2. The number of aromatic nitrogens is 1. The van der Waals surface area contributed by atoms with Crippen molar-refractivity contribution < 1.29 is 5.94 Å². The van der Waals surface area contributed by atoms with Gasteiger partial charge in [-0.05, 0) is 64.6 Å². The van der Waals surface area contributed by atoms with Crippen LogP contribution in [0.4, 0.5) is 0 Å². The van der Waals surface area contributed by atoms with E-state index in [0.717, 1.165) is 16.5 Å². The predicted molar refractivity (Wildman–Crippen MR) is 129 cm³/mol. The summed E-state index contributed by atoms with van der Waals surface area (Å²) in [6.45, 7) is 13.1. The van der Waals surface area contributed by atoms with Crippen molar-refractivity contribution in [2.24, 2.45) is 7.05 Å². The minimum Gasteiger partial charge on any atom is -0.198 e. The molecule has 0 saturated carbocycles. The summed E-state index contributed by atoms with van der Waals surface area (Å²) >= 11 is 0. The second-order valence-corrected chi connectivity index (χ2v) is 9.46. The Morgan fingerprint density at radius 2 is 1.53 bits per heavy atom. The molecule has 1 nitrogen and oxygen atoms in total. The first-order chi connectivity index (χ1) is 14.6. The van der Waals surface area contributed by atoms with Gasteiger partial charge in [0.25, 0.3) is 0 Å². The molecule has 0 fully saturated rings. The summed E-state index contributed by atoms with van der Waals surface area (Å²) in [4.78, 5) is 0. The van der Waals surface area contributed by atoms with E-state index < -0.39 is 0 Å². The summed E-state index contributed by atoms with van der Waals surface area (Å²) in [7, 11) is 2.09. The number of nitrogens with zero attached hydrogens (tertiary/aromatic N) is 1. The van der Waals surface area contributed by atoms with Crippen molar-refractivity contribution in [3.05, 3.63) is 89.1 Å². The minimum absolute atomic E-state index is 0.0481. The highest BCUT2D eigenvalue weighted by molar-refractivity contribution is 5.95. The van der Waals surface area contributed by atoms with Gasteiger partial charge in [0, 0.05) is 13.0 Å². The summed E-state index contributed by atoms with van der Waals surface area (Å²) in [6, 6.07) is 22.4. The SMILES string of the molecule is [2H]c1c(C)[n+](C)c(-c2cc(-c3ccccc3)cc(C)c2C)c2ccc(C(C)(C)C)cc12. The van der Waals surface area contributed by atoms with Crippen LogP contribution in [-0.4, -0.2) is 0 Å². The molecule has 0 aliphatic rings. The molecule has 152 valence electrons. The Morgan fingerprint density at radius 3 is 2.20 bits per heavy atom. The summed E-state index contributed by atoms with van der Waals surface area (Å²) in [5.74, 6) is 0. The largest absolute Gasteiger partial charge is 0.220 e. The van der Waals surface area contributed by atoms with Crippen molar-refractivity contribution in [1.29, 1.82) is 0 Å². The molecule has 0 radical (unpaired) electrons. The zero-order chi connectivity index (χ0) is 22.5.